The van der Waals surface area contributed by atoms with Crippen LogP contribution in [-0.4, -0.2) is 35.1 Å². The maximum absolute atomic E-state index is 14.6. The lowest BCUT2D eigenvalue weighted by Gasteiger charge is -2.41. The number of aliphatic imine (C=N–C) groups is 1. The first-order chi connectivity index (χ1) is 14.3. The molecule has 0 fully saturated rings. The monoisotopic (exact) mass is 494 g/mol. The van der Waals surface area contributed by atoms with E-state index in [1.807, 2.05) is 0 Å². The Morgan fingerprint density at radius 3 is 2.50 bits per heavy atom. The number of amidine groups is 1. The highest BCUT2D eigenvalue weighted by atomic mass is 35.5. The number of nitrogens with zero attached hydrogens (tertiary/aromatic N) is 2. The van der Waals surface area contributed by atoms with E-state index in [2.05, 4.69) is 15.3 Å². The van der Waals surface area contributed by atoms with Crippen LogP contribution in [0.4, 0.5) is 23.2 Å². The van der Waals surface area contributed by atoms with Crippen molar-refractivity contribution in [3.05, 3.63) is 58.1 Å². The molecule has 0 saturated heterocycles. The Morgan fingerprint density at radius 1 is 1.28 bits per heavy atom. The first kappa shape index (κ1) is 25.8. The summed E-state index contributed by atoms with van der Waals surface area (Å²) in [7, 11) is 0. The normalized spacial score (nSPS) is 23.2. The number of nitrogens with two attached hydrogens (primary N) is 1. The van der Waals surface area contributed by atoms with Crippen LogP contribution in [0.3, 0.4) is 0 Å². The molecule has 1 aromatic carbocycles. The number of carbonyl (C=O) groups excluding carboxylic acids is 1. The number of hydrogen-bond acceptors (Lipinski definition) is 5. The van der Waals surface area contributed by atoms with Crippen LogP contribution < -0.4 is 11.1 Å². The van der Waals surface area contributed by atoms with Crippen LogP contribution in [0.5, 0.6) is 0 Å². The largest absolute Gasteiger partial charge is 0.424 e. The van der Waals surface area contributed by atoms with Crippen LogP contribution in [0.1, 0.15) is 35.5 Å². The fourth-order valence-electron chi connectivity index (χ4n) is 3.11. The second-order valence-corrected chi connectivity index (χ2v) is 7.99. The standard InChI is InChI=1S/C20H19ClF4N4O2.ClH/c1-10-6-11(21)8-27-15(10)16(30)28-12-4-5-14(22)13(7-12)18(2)9-31-19(3,17(26)29-18)20(23,24)25;/h4-8H,9H2,1-3H3,(H2,26,29)(H,28,30);1H/t18-,19+;/m0./s1. The average molecular weight is 495 g/mol. The lowest BCUT2D eigenvalue weighted by Crippen LogP contribution is -2.60. The molecule has 1 amide bonds. The highest BCUT2D eigenvalue weighted by Crippen LogP contribution is 2.41. The minimum atomic E-state index is -4.79. The van der Waals surface area contributed by atoms with Gasteiger partial charge < -0.3 is 15.8 Å². The molecule has 6 nitrogen and oxygen atoms in total. The third kappa shape index (κ3) is 4.67. The Morgan fingerprint density at radius 2 is 1.94 bits per heavy atom. The molecule has 2 aromatic rings. The number of aromatic nitrogens is 1. The van der Waals surface area contributed by atoms with Crippen molar-refractivity contribution in [2.24, 2.45) is 10.7 Å². The van der Waals surface area contributed by atoms with E-state index in [1.165, 1.54) is 25.3 Å². The van der Waals surface area contributed by atoms with E-state index in [-0.39, 0.29) is 29.4 Å². The molecule has 3 N–H and O–H groups in total. The molecule has 32 heavy (non-hydrogen) atoms. The van der Waals surface area contributed by atoms with E-state index >= 15 is 0 Å². The Kier molecular flexibility index (Phi) is 7.13. The zero-order chi connectivity index (χ0) is 23.2. The number of aryl methyl sites for hydroxylation is 1. The number of pyridine rings is 1. The molecule has 3 rings (SSSR count). The number of rotatable bonds is 3. The molecule has 1 aliphatic rings. The lowest BCUT2D eigenvalue weighted by atomic mass is 9.89. The zero-order valence-corrected chi connectivity index (χ0v) is 18.8. The van der Waals surface area contributed by atoms with Crippen LogP contribution in [0.2, 0.25) is 5.02 Å². The molecule has 0 aliphatic carbocycles. The first-order valence-electron chi connectivity index (χ1n) is 9.07. The number of alkyl halides is 3. The number of ether oxygens (including phenoxy) is 1. The fourth-order valence-corrected chi connectivity index (χ4v) is 3.33. The summed E-state index contributed by atoms with van der Waals surface area (Å²) in [5.41, 5.74) is 2.03. The van der Waals surface area contributed by atoms with Gasteiger partial charge in [0.15, 0.2) is 0 Å². The molecule has 0 spiro atoms. The van der Waals surface area contributed by atoms with Gasteiger partial charge in [-0.25, -0.2) is 9.37 Å². The topological polar surface area (TPSA) is 89.6 Å². The first-order valence-corrected chi connectivity index (χ1v) is 9.45. The second-order valence-electron chi connectivity index (χ2n) is 7.56. The van der Waals surface area contributed by atoms with Crippen molar-refractivity contribution in [2.75, 3.05) is 11.9 Å². The van der Waals surface area contributed by atoms with Gasteiger partial charge in [0.25, 0.3) is 5.91 Å². The number of anilines is 1. The Hall–Kier alpha value is -2.43. The second kappa shape index (κ2) is 8.84. The number of hydrogen-bond donors (Lipinski definition) is 2. The van der Waals surface area contributed by atoms with Crippen molar-refractivity contribution in [3.63, 3.8) is 0 Å². The van der Waals surface area contributed by atoms with Crippen LogP contribution in [-0.2, 0) is 10.3 Å². The SMILES string of the molecule is Cc1cc(Cl)cnc1C(=O)Nc1ccc(F)c([C@]2(C)CO[C@@](C)(C(F)(F)F)C(N)=N2)c1.Cl. The summed E-state index contributed by atoms with van der Waals surface area (Å²) in [5.74, 6) is -2.12. The van der Waals surface area contributed by atoms with Gasteiger partial charge in [0.05, 0.1) is 11.6 Å². The molecule has 2 heterocycles. The third-order valence-electron chi connectivity index (χ3n) is 5.10. The minimum Gasteiger partial charge on any atom is -0.385 e. The maximum atomic E-state index is 14.6. The Bertz CT molecular complexity index is 1080. The molecule has 0 saturated carbocycles. The van der Waals surface area contributed by atoms with Crippen LogP contribution >= 0.6 is 24.0 Å². The molecule has 12 heteroatoms. The van der Waals surface area contributed by atoms with Gasteiger partial charge >= 0.3 is 6.18 Å². The fraction of sp³-hybridized carbons (Fsp3) is 0.350. The minimum absolute atomic E-state index is 0. The van der Waals surface area contributed by atoms with Gasteiger partial charge in [-0.2, -0.15) is 13.2 Å². The summed E-state index contributed by atoms with van der Waals surface area (Å²) in [6.45, 7) is 3.24. The Balaban J connectivity index is 0.00000363. The van der Waals surface area contributed by atoms with Gasteiger partial charge in [0, 0.05) is 17.4 Å². The molecule has 2 atom stereocenters. The smallest absolute Gasteiger partial charge is 0.385 e. The number of amides is 1. The molecule has 0 unspecified atom stereocenters. The molecular formula is C20H20Cl2F4N4O2. The number of carbonyl (C=O) groups is 1. The van der Waals surface area contributed by atoms with Crippen molar-refractivity contribution < 1.29 is 27.1 Å². The van der Waals surface area contributed by atoms with Crippen molar-refractivity contribution in [3.8, 4) is 0 Å². The van der Waals surface area contributed by atoms with Gasteiger partial charge in [-0.1, -0.05) is 11.6 Å². The third-order valence-corrected chi connectivity index (χ3v) is 5.31. The summed E-state index contributed by atoms with van der Waals surface area (Å²) in [5, 5.41) is 2.95. The van der Waals surface area contributed by atoms with E-state index in [9.17, 15) is 22.4 Å². The van der Waals surface area contributed by atoms with Gasteiger partial charge in [0.2, 0.25) is 5.60 Å². The van der Waals surface area contributed by atoms with Crippen molar-refractivity contribution in [2.45, 2.75) is 38.1 Å². The van der Waals surface area contributed by atoms with Crippen LogP contribution in [0.25, 0.3) is 0 Å². The van der Waals surface area contributed by atoms with E-state index in [0.29, 0.717) is 10.6 Å². The van der Waals surface area contributed by atoms with Crippen molar-refractivity contribution >= 4 is 41.4 Å². The zero-order valence-electron chi connectivity index (χ0n) is 17.2. The van der Waals surface area contributed by atoms with Crippen LogP contribution in [0, 0.1) is 12.7 Å². The highest BCUT2D eigenvalue weighted by molar-refractivity contribution is 6.30. The summed E-state index contributed by atoms with van der Waals surface area (Å²) in [6, 6.07) is 5.22. The molecule has 0 radical (unpaired) electrons. The van der Waals surface area contributed by atoms with E-state index < -0.39 is 41.5 Å². The van der Waals surface area contributed by atoms with E-state index in [4.69, 9.17) is 22.1 Å². The molecule has 1 aliphatic heterocycles. The van der Waals surface area contributed by atoms with Gasteiger partial charge in [-0.05, 0) is 50.6 Å². The van der Waals surface area contributed by atoms with Crippen molar-refractivity contribution in [1.29, 1.82) is 0 Å². The van der Waals surface area contributed by atoms with E-state index in [0.717, 1.165) is 13.0 Å². The predicted octanol–water partition coefficient (Wildman–Crippen LogP) is 4.78. The summed E-state index contributed by atoms with van der Waals surface area (Å²) in [6.07, 6.45) is -3.48. The highest BCUT2D eigenvalue weighted by Gasteiger charge is 2.59. The Labute approximate surface area is 192 Å². The summed E-state index contributed by atoms with van der Waals surface area (Å²) < 4.78 is 59.6. The van der Waals surface area contributed by atoms with Gasteiger partial charge in [0.1, 0.15) is 22.9 Å². The maximum Gasteiger partial charge on any atom is 0.424 e. The van der Waals surface area contributed by atoms with Gasteiger partial charge in [-0.15, -0.1) is 12.4 Å². The average Bonchev–Trinajstić information content (AvgIpc) is 2.65. The molecule has 174 valence electrons. The number of benzene rings is 1. The summed E-state index contributed by atoms with van der Waals surface area (Å²) in [4.78, 5) is 20.5. The number of halogens is 6. The van der Waals surface area contributed by atoms with Crippen molar-refractivity contribution in [1.82, 2.24) is 4.98 Å². The lowest BCUT2D eigenvalue weighted by molar-refractivity contribution is -0.249. The number of nitrogens with one attached hydrogen (secondary N) is 1. The van der Waals surface area contributed by atoms with Gasteiger partial charge in [-0.3, -0.25) is 9.79 Å². The molecule has 0 bridgehead atoms. The predicted molar refractivity (Wildman–Crippen MR) is 115 cm³/mol. The van der Waals surface area contributed by atoms with E-state index in [1.54, 1.807) is 13.0 Å². The summed E-state index contributed by atoms with van der Waals surface area (Å²) >= 11 is 5.84. The molecule has 1 aromatic heterocycles. The molecular weight excluding hydrogens is 475 g/mol. The van der Waals surface area contributed by atoms with Crippen LogP contribution in [0.15, 0.2) is 35.5 Å². The quantitative estimate of drug-likeness (QED) is 0.600.